The van der Waals surface area contributed by atoms with Crippen molar-refractivity contribution in [3.63, 3.8) is 0 Å². The van der Waals surface area contributed by atoms with Crippen molar-refractivity contribution in [3.8, 4) is 5.88 Å². The fourth-order valence-electron chi connectivity index (χ4n) is 3.20. The molecule has 1 saturated carbocycles. The number of imidazole rings is 1. The minimum atomic E-state index is -0.164. The molecule has 1 aliphatic rings. The van der Waals surface area contributed by atoms with Crippen molar-refractivity contribution in [1.29, 1.82) is 0 Å². The number of nitrogens with zero attached hydrogens (tertiary/aromatic N) is 4. The summed E-state index contributed by atoms with van der Waals surface area (Å²) in [6, 6.07) is 0.419. The highest BCUT2D eigenvalue weighted by Gasteiger charge is 2.27. The van der Waals surface area contributed by atoms with Crippen LogP contribution in [-0.4, -0.2) is 26.6 Å². The van der Waals surface area contributed by atoms with Gasteiger partial charge in [0.15, 0.2) is 11.2 Å². The van der Waals surface area contributed by atoms with Crippen LogP contribution in [0.4, 0.5) is 0 Å². The Hall–Kier alpha value is -1.36. The van der Waals surface area contributed by atoms with Crippen molar-refractivity contribution in [1.82, 2.24) is 19.5 Å². The van der Waals surface area contributed by atoms with E-state index in [1.54, 1.807) is 7.11 Å². The number of ether oxygens (including phenoxy) is 1. The minimum absolute atomic E-state index is 0.164. The molecule has 2 aromatic rings. The maximum absolute atomic E-state index is 6.35. The molecule has 1 aliphatic carbocycles. The molecule has 114 valence electrons. The van der Waals surface area contributed by atoms with Gasteiger partial charge < -0.3 is 9.30 Å². The molecule has 1 atom stereocenters. The number of aromatic nitrogens is 4. The second-order valence-corrected chi connectivity index (χ2v) is 6.58. The zero-order chi connectivity index (χ0) is 15.0. The van der Waals surface area contributed by atoms with Gasteiger partial charge >= 0.3 is 0 Å². The zero-order valence-electron chi connectivity index (χ0n) is 12.7. The molecule has 21 heavy (non-hydrogen) atoms. The van der Waals surface area contributed by atoms with E-state index in [4.69, 9.17) is 16.3 Å². The molecule has 2 aromatic heterocycles. The van der Waals surface area contributed by atoms with E-state index in [1.807, 2.05) is 6.92 Å². The summed E-state index contributed by atoms with van der Waals surface area (Å²) in [5.74, 6) is 2.18. The molecule has 3 rings (SSSR count). The van der Waals surface area contributed by atoms with Crippen LogP contribution in [0.3, 0.4) is 0 Å². The van der Waals surface area contributed by atoms with E-state index in [1.165, 1.54) is 19.2 Å². The van der Waals surface area contributed by atoms with Gasteiger partial charge in [0.1, 0.15) is 12.2 Å². The standard InChI is InChI=1S/C15H21ClN4O/c1-9-4-6-11(7-5-9)20-13(10(2)16)19-12-14(20)17-8-18-15(12)21-3/h8-11H,4-7H2,1-3H3. The van der Waals surface area contributed by atoms with Crippen molar-refractivity contribution in [2.45, 2.75) is 50.9 Å². The van der Waals surface area contributed by atoms with E-state index >= 15 is 0 Å². The Labute approximate surface area is 129 Å². The molecule has 2 heterocycles. The molecule has 5 nitrogen and oxygen atoms in total. The van der Waals surface area contributed by atoms with E-state index in [0.717, 1.165) is 30.2 Å². The average molecular weight is 309 g/mol. The van der Waals surface area contributed by atoms with E-state index < -0.39 is 0 Å². The molecule has 0 N–H and O–H groups in total. The maximum Gasteiger partial charge on any atom is 0.245 e. The average Bonchev–Trinajstić information content (AvgIpc) is 2.87. The Morgan fingerprint density at radius 3 is 2.62 bits per heavy atom. The molecular formula is C15H21ClN4O. The number of hydrogen-bond donors (Lipinski definition) is 0. The van der Waals surface area contributed by atoms with Gasteiger partial charge in [-0.25, -0.2) is 9.97 Å². The summed E-state index contributed by atoms with van der Waals surface area (Å²) in [7, 11) is 1.60. The van der Waals surface area contributed by atoms with Gasteiger partial charge in [-0.15, -0.1) is 11.6 Å². The first kappa shape index (κ1) is 14.6. The summed E-state index contributed by atoms with van der Waals surface area (Å²) in [6.07, 6.45) is 6.31. The Kier molecular flexibility index (Phi) is 4.02. The third kappa shape index (κ3) is 2.59. The smallest absolute Gasteiger partial charge is 0.245 e. The van der Waals surface area contributed by atoms with Gasteiger partial charge in [-0.2, -0.15) is 4.98 Å². The Morgan fingerprint density at radius 1 is 1.29 bits per heavy atom. The molecule has 0 radical (unpaired) electrons. The number of methoxy groups -OCH3 is 1. The fraction of sp³-hybridized carbons (Fsp3) is 0.667. The first-order chi connectivity index (χ1) is 10.1. The van der Waals surface area contributed by atoms with Crippen LogP contribution in [0.5, 0.6) is 5.88 Å². The highest BCUT2D eigenvalue weighted by molar-refractivity contribution is 6.20. The Morgan fingerprint density at radius 2 is 2.00 bits per heavy atom. The summed E-state index contributed by atoms with van der Waals surface area (Å²) in [5, 5.41) is -0.164. The van der Waals surface area contributed by atoms with Crippen LogP contribution in [0.1, 0.15) is 56.8 Å². The van der Waals surface area contributed by atoms with Gasteiger partial charge in [-0.1, -0.05) is 6.92 Å². The number of hydrogen-bond acceptors (Lipinski definition) is 4. The number of rotatable bonds is 3. The summed E-state index contributed by atoms with van der Waals surface area (Å²) in [5.41, 5.74) is 1.55. The van der Waals surface area contributed by atoms with Crippen LogP contribution >= 0.6 is 11.6 Å². The monoisotopic (exact) mass is 308 g/mol. The van der Waals surface area contributed by atoms with Crippen LogP contribution in [0.25, 0.3) is 11.2 Å². The predicted octanol–water partition coefficient (Wildman–Crippen LogP) is 3.89. The first-order valence-electron chi connectivity index (χ1n) is 7.52. The Bertz CT molecular complexity index is 632. The van der Waals surface area contributed by atoms with Gasteiger partial charge in [-0.3, -0.25) is 0 Å². The van der Waals surface area contributed by atoms with Crippen molar-refractivity contribution in [2.75, 3.05) is 7.11 Å². The molecule has 0 spiro atoms. The third-order valence-electron chi connectivity index (χ3n) is 4.37. The molecule has 0 saturated heterocycles. The molecule has 0 aliphatic heterocycles. The number of halogens is 1. The normalized spacial score (nSPS) is 24.2. The summed E-state index contributed by atoms with van der Waals surface area (Å²) >= 11 is 6.35. The topological polar surface area (TPSA) is 52.8 Å². The van der Waals surface area contributed by atoms with Gasteiger partial charge in [0.2, 0.25) is 5.88 Å². The predicted molar refractivity (Wildman–Crippen MR) is 82.8 cm³/mol. The third-order valence-corrected chi connectivity index (χ3v) is 4.57. The largest absolute Gasteiger partial charge is 0.479 e. The maximum atomic E-state index is 6.35. The summed E-state index contributed by atoms with van der Waals surface area (Å²) in [6.45, 7) is 4.27. The molecule has 0 amide bonds. The van der Waals surface area contributed by atoms with Gasteiger partial charge in [0.05, 0.1) is 12.5 Å². The molecule has 0 aromatic carbocycles. The highest BCUT2D eigenvalue weighted by Crippen LogP contribution is 2.37. The van der Waals surface area contributed by atoms with Crippen molar-refractivity contribution in [3.05, 3.63) is 12.2 Å². The number of fused-ring (bicyclic) bond motifs is 1. The van der Waals surface area contributed by atoms with Crippen molar-refractivity contribution in [2.24, 2.45) is 5.92 Å². The zero-order valence-corrected chi connectivity index (χ0v) is 13.5. The van der Waals surface area contributed by atoms with E-state index in [9.17, 15) is 0 Å². The SMILES string of the molecule is COc1ncnc2c1nc(C(C)Cl)n2C1CCC(C)CC1. The van der Waals surface area contributed by atoms with E-state index in [-0.39, 0.29) is 5.38 Å². The van der Waals surface area contributed by atoms with Crippen LogP contribution in [0, 0.1) is 5.92 Å². The Balaban J connectivity index is 2.12. The molecule has 6 heteroatoms. The number of alkyl halides is 1. The quantitative estimate of drug-likeness (QED) is 0.807. The fourth-order valence-corrected chi connectivity index (χ4v) is 3.35. The van der Waals surface area contributed by atoms with Gasteiger partial charge in [0, 0.05) is 6.04 Å². The summed E-state index contributed by atoms with van der Waals surface area (Å²) < 4.78 is 7.52. The lowest BCUT2D eigenvalue weighted by atomic mass is 9.87. The second-order valence-electron chi connectivity index (χ2n) is 5.92. The summed E-state index contributed by atoms with van der Waals surface area (Å²) in [4.78, 5) is 13.2. The van der Waals surface area contributed by atoms with Crippen molar-refractivity contribution >= 4 is 22.8 Å². The van der Waals surface area contributed by atoms with E-state index in [0.29, 0.717) is 17.4 Å². The second kappa shape index (κ2) is 5.79. The van der Waals surface area contributed by atoms with Crippen LogP contribution in [0.2, 0.25) is 0 Å². The van der Waals surface area contributed by atoms with Gasteiger partial charge in [0.25, 0.3) is 0 Å². The molecule has 0 bridgehead atoms. The van der Waals surface area contributed by atoms with Gasteiger partial charge in [-0.05, 0) is 38.5 Å². The van der Waals surface area contributed by atoms with Crippen LogP contribution in [0.15, 0.2) is 6.33 Å². The van der Waals surface area contributed by atoms with E-state index in [2.05, 4.69) is 26.4 Å². The molecular weight excluding hydrogens is 288 g/mol. The van der Waals surface area contributed by atoms with Crippen LogP contribution < -0.4 is 4.74 Å². The van der Waals surface area contributed by atoms with Crippen molar-refractivity contribution < 1.29 is 4.74 Å². The highest BCUT2D eigenvalue weighted by atomic mass is 35.5. The lowest BCUT2D eigenvalue weighted by Crippen LogP contribution is -2.19. The lowest BCUT2D eigenvalue weighted by Gasteiger charge is -2.29. The minimum Gasteiger partial charge on any atom is -0.479 e. The lowest BCUT2D eigenvalue weighted by molar-refractivity contribution is 0.288. The van der Waals surface area contributed by atoms with Crippen LogP contribution in [-0.2, 0) is 0 Å². The molecule has 1 fully saturated rings. The molecule has 1 unspecified atom stereocenters. The first-order valence-corrected chi connectivity index (χ1v) is 7.96.